The summed E-state index contributed by atoms with van der Waals surface area (Å²) in [5.41, 5.74) is 2.63. The van der Waals surface area contributed by atoms with E-state index in [9.17, 15) is 19.2 Å². The van der Waals surface area contributed by atoms with Gasteiger partial charge < -0.3 is 10.0 Å². The van der Waals surface area contributed by atoms with Gasteiger partial charge in [-0.05, 0) is 42.9 Å². The average molecular weight is 372 g/mol. The van der Waals surface area contributed by atoms with Crippen LogP contribution in [0.4, 0.5) is 0 Å². The number of nitrogens with zero attached hydrogens (tertiary/aromatic N) is 1. The quantitative estimate of drug-likeness (QED) is 0.537. The third-order valence-electron chi connectivity index (χ3n) is 5.20. The van der Waals surface area contributed by atoms with Gasteiger partial charge in [0.2, 0.25) is 11.8 Å². The summed E-state index contributed by atoms with van der Waals surface area (Å²) in [6, 6.07) is 5.28. The maximum Gasteiger partial charge on any atom is 0.303 e. The van der Waals surface area contributed by atoms with Crippen molar-refractivity contribution in [2.24, 2.45) is 0 Å². The van der Waals surface area contributed by atoms with E-state index in [2.05, 4.69) is 5.32 Å². The molecule has 7 nitrogen and oxygen atoms in total. The fourth-order valence-corrected chi connectivity index (χ4v) is 3.72. The predicted octanol–water partition coefficient (Wildman–Crippen LogP) is 2.03. The molecule has 3 rings (SSSR count). The number of aliphatic carboxylic acids is 1. The van der Waals surface area contributed by atoms with Crippen molar-refractivity contribution in [3.8, 4) is 0 Å². The van der Waals surface area contributed by atoms with Gasteiger partial charge in [-0.15, -0.1) is 0 Å². The molecule has 0 radical (unpaired) electrons. The zero-order valence-corrected chi connectivity index (χ0v) is 15.2. The zero-order chi connectivity index (χ0) is 19.4. The first-order valence-corrected chi connectivity index (χ1v) is 9.44. The molecule has 0 saturated carbocycles. The van der Waals surface area contributed by atoms with Gasteiger partial charge in [0.05, 0.1) is 0 Å². The highest BCUT2D eigenvalue weighted by atomic mass is 16.4. The van der Waals surface area contributed by atoms with Gasteiger partial charge >= 0.3 is 5.97 Å². The Morgan fingerprint density at radius 2 is 1.93 bits per heavy atom. The minimum absolute atomic E-state index is 0.150. The summed E-state index contributed by atoms with van der Waals surface area (Å²) in [6.45, 7) is 0.399. The molecule has 2 aliphatic heterocycles. The number of carbonyl (C=O) groups is 4. The number of amides is 3. The predicted molar refractivity (Wildman–Crippen MR) is 96.9 cm³/mol. The molecule has 2 N–H and O–H groups in total. The summed E-state index contributed by atoms with van der Waals surface area (Å²) in [4.78, 5) is 48.2. The summed E-state index contributed by atoms with van der Waals surface area (Å²) < 4.78 is 0. The zero-order valence-electron chi connectivity index (χ0n) is 15.2. The number of carbonyl (C=O) groups excluding carboxylic acids is 3. The summed E-state index contributed by atoms with van der Waals surface area (Å²) >= 11 is 0. The van der Waals surface area contributed by atoms with Crippen LogP contribution >= 0.6 is 0 Å². The second-order valence-electron chi connectivity index (χ2n) is 7.20. The van der Waals surface area contributed by atoms with Crippen molar-refractivity contribution in [2.75, 3.05) is 0 Å². The van der Waals surface area contributed by atoms with Crippen molar-refractivity contribution in [3.05, 3.63) is 34.9 Å². The van der Waals surface area contributed by atoms with Gasteiger partial charge in [0.15, 0.2) is 0 Å². The van der Waals surface area contributed by atoms with Crippen LogP contribution in [-0.2, 0) is 27.3 Å². The van der Waals surface area contributed by atoms with E-state index in [0.717, 1.165) is 36.8 Å². The minimum atomic E-state index is -0.757. The molecule has 3 amide bonds. The van der Waals surface area contributed by atoms with Crippen LogP contribution in [0.5, 0.6) is 0 Å². The Morgan fingerprint density at radius 1 is 1.15 bits per heavy atom. The van der Waals surface area contributed by atoms with Crippen molar-refractivity contribution < 1.29 is 24.3 Å². The molecule has 0 aromatic heterocycles. The van der Waals surface area contributed by atoms with Crippen LogP contribution in [0.1, 0.15) is 66.4 Å². The summed E-state index contributed by atoms with van der Waals surface area (Å²) in [6.07, 6.45) is 5.16. The number of rotatable bonds is 8. The summed E-state index contributed by atoms with van der Waals surface area (Å²) in [7, 11) is 0. The Morgan fingerprint density at radius 3 is 2.67 bits per heavy atom. The topological polar surface area (TPSA) is 104 Å². The van der Waals surface area contributed by atoms with Crippen LogP contribution in [0.15, 0.2) is 18.2 Å². The minimum Gasteiger partial charge on any atom is -0.481 e. The Hall–Kier alpha value is -2.70. The molecule has 0 aliphatic carbocycles. The highest BCUT2D eigenvalue weighted by Gasteiger charge is 2.38. The second-order valence-corrected chi connectivity index (χ2v) is 7.20. The van der Waals surface area contributed by atoms with Gasteiger partial charge in [-0.2, -0.15) is 0 Å². The first-order chi connectivity index (χ1) is 13.0. The first kappa shape index (κ1) is 19.1. The number of imide groups is 1. The molecule has 2 heterocycles. The summed E-state index contributed by atoms with van der Waals surface area (Å²) in [5.74, 6) is -1.59. The first-order valence-electron chi connectivity index (χ1n) is 9.44. The SMILES string of the molecule is O=C(O)CCCCCCc1ccc2c(c1)C(=O)N(C1CCC(=O)NC1=O)C2. The standard InChI is InChI=1S/C20H24N2O5/c23-17-10-9-16(19(26)21-17)22-12-14-8-7-13(11-15(14)20(22)27)5-3-1-2-4-6-18(24)25/h7-8,11,16H,1-6,9-10,12H2,(H,24,25)(H,21,23,26). The third kappa shape index (κ3) is 4.53. The number of hydrogen-bond donors (Lipinski definition) is 2. The van der Waals surface area contributed by atoms with Crippen molar-refractivity contribution in [3.63, 3.8) is 0 Å². The molecule has 1 fully saturated rings. The maximum absolute atomic E-state index is 12.8. The maximum atomic E-state index is 12.8. The number of carboxylic acids is 1. The van der Waals surface area contributed by atoms with E-state index in [-0.39, 0.29) is 24.7 Å². The number of fused-ring (bicyclic) bond motifs is 1. The molecule has 0 spiro atoms. The highest BCUT2D eigenvalue weighted by Crippen LogP contribution is 2.28. The van der Waals surface area contributed by atoms with Crippen molar-refractivity contribution >= 4 is 23.7 Å². The van der Waals surface area contributed by atoms with E-state index in [1.807, 2.05) is 18.2 Å². The van der Waals surface area contributed by atoms with E-state index in [4.69, 9.17) is 5.11 Å². The molecule has 1 aromatic carbocycles. The van der Waals surface area contributed by atoms with Gasteiger partial charge in [-0.1, -0.05) is 25.0 Å². The molecule has 144 valence electrons. The van der Waals surface area contributed by atoms with Crippen molar-refractivity contribution in [2.45, 2.75) is 64.0 Å². The molecular weight excluding hydrogens is 348 g/mol. The highest BCUT2D eigenvalue weighted by molar-refractivity contribution is 6.05. The van der Waals surface area contributed by atoms with Crippen molar-refractivity contribution in [1.29, 1.82) is 0 Å². The molecule has 1 unspecified atom stereocenters. The number of benzene rings is 1. The van der Waals surface area contributed by atoms with E-state index in [0.29, 0.717) is 24.9 Å². The van der Waals surface area contributed by atoms with Crippen LogP contribution in [0.3, 0.4) is 0 Å². The number of nitrogens with one attached hydrogen (secondary N) is 1. The van der Waals surface area contributed by atoms with Gasteiger partial charge in [0.25, 0.3) is 5.91 Å². The van der Waals surface area contributed by atoms with Crippen LogP contribution in [-0.4, -0.2) is 39.7 Å². The lowest BCUT2D eigenvalue weighted by Crippen LogP contribution is -2.52. The number of piperidine rings is 1. The number of aryl methyl sites for hydroxylation is 1. The monoisotopic (exact) mass is 372 g/mol. The number of carboxylic acid groups (broad SMARTS) is 1. The fourth-order valence-electron chi connectivity index (χ4n) is 3.72. The summed E-state index contributed by atoms with van der Waals surface area (Å²) in [5, 5.41) is 10.9. The van der Waals surface area contributed by atoms with Crippen molar-refractivity contribution in [1.82, 2.24) is 10.2 Å². The lowest BCUT2D eigenvalue weighted by Gasteiger charge is -2.29. The lowest BCUT2D eigenvalue weighted by molar-refractivity contribution is -0.138. The molecule has 1 saturated heterocycles. The van der Waals surface area contributed by atoms with Gasteiger partial charge in [0, 0.05) is 24.9 Å². The molecule has 2 aliphatic rings. The van der Waals surface area contributed by atoms with E-state index in [1.54, 1.807) is 4.90 Å². The van der Waals surface area contributed by atoms with Crippen LogP contribution < -0.4 is 5.32 Å². The number of hydrogen-bond acceptors (Lipinski definition) is 4. The molecule has 0 bridgehead atoms. The Kier molecular flexibility index (Phi) is 5.88. The smallest absolute Gasteiger partial charge is 0.303 e. The Balaban J connectivity index is 1.55. The van der Waals surface area contributed by atoms with Crippen LogP contribution in [0.2, 0.25) is 0 Å². The lowest BCUT2D eigenvalue weighted by atomic mass is 10.0. The largest absolute Gasteiger partial charge is 0.481 e. The van der Waals surface area contributed by atoms with E-state index >= 15 is 0 Å². The second kappa shape index (κ2) is 8.33. The van der Waals surface area contributed by atoms with E-state index < -0.39 is 17.9 Å². The van der Waals surface area contributed by atoms with Gasteiger partial charge in [-0.25, -0.2) is 0 Å². The van der Waals surface area contributed by atoms with E-state index in [1.165, 1.54) is 0 Å². The van der Waals surface area contributed by atoms with Gasteiger partial charge in [-0.3, -0.25) is 24.5 Å². The Labute approximate surface area is 157 Å². The molecule has 1 atom stereocenters. The molecule has 27 heavy (non-hydrogen) atoms. The normalized spacial score (nSPS) is 19.2. The number of unbranched alkanes of at least 4 members (excludes halogenated alkanes) is 3. The van der Waals surface area contributed by atoms with Crippen LogP contribution in [0, 0.1) is 0 Å². The molecule has 7 heteroatoms. The Bertz CT molecular complexity index is 774. The fraction of sp³-hybridized carbons (Fsp3) is 0.500. The van der Waals surface area contributed by atoms with Gasteiger partial charge in [0.1, 0.15) is 6.04 Å². The van der Waals surface area contributed by atoms with Crippen LogP contribution in [0.25, 0.3) is 0 Å². The molecule has 1 aromatic rings. The molecular formula is C20H24N2O5. The third-order valence-corrected chi connectivity index (χ3v) is 5.20. The average Bonchev–Trinajstić information content (AvgIpc) is 2.94.